The second kappa shape index (κ2) is 8.74. The van der Waals surface area contributed by atoms with Gasteiger partial charge in [-0.2, -0.15) is 4.98 Å². The number of carboxylic acids is 1. The van der Waals surface area contributed by atoms with E-state index < -0.39 is 5.97 Å². The third-order valence-electron chi connectivity index (χ3n) is 4.41. The molecule has 3 rings (SSSR count). The Kier molecular flexibility index (Phi) is 6.15. The Morgan fingerprint density at radius 3 is 2.48 bits per heavy atom. The molecule has 27 heavy (non-hydrogen) atoms. The molecule has 1 aliphatic heterocycles. The van der Waals surface area contributed by atoms with Gasteiger partial charge in [-0.15, -0.1) is 0 Å². The lowest BCUT2D eigenvalue weighted by atomic mass is 10.1. The van der Waals surface area contributed by atoms with Gasteiger partial charge in [0.05, 0.1) is 13.1 Å². The number of benzene rings is 1. The predicted octanol–water partition coefficient (Wildman–Crippen LogP) is 0.363. The van der Waals surface area contributed by atoms with Gasteiger partial charge in [-0.25, -0.2) is 0 Å². The highest BCUT2D eigenvalue weighted by atomic mass is 16.5. The number of aromatic nitrogens is 2. The molecule has 144 valence electrons. The number of carbonyl (C=O) groups is 2. The SMILES string of the molecule is Cc1ccc(-c2noc(CN3CCN(CC(=O)NCC(=O)O)CC3)n2)cc1. The van der Waals surface area contributed by atoms with Crippen LogP contribution in [0.5, 0.6) is 0 Å². The van der Waals surface area contributed by atoms with E-state index in [9.17, 15) is 9.59 Å². The van der Waals surface area contributed by atoms with Crippen LogP contribution < -0.4 is 5.32 Å². The van der Waals surface area contributed by atoms with Crippen LogP contribution in [0.25, 0.3) is 11.4 Å². The van der Waals surface area contributed by atoms with Gasteiger partial charge in [-0.1, -0.05) is 35.0 Å². The van der Waals surface area contributed by atoms with E-state index >= 15 is 0 Å². The van der Waals surface area contributed by atoms with Crippen molar-refractivity contribution in [3.05, 3.63) is 35.7 Å². The lowest BCUT2D eigenvalue weighted by molar-refractivity contribution is -0.138. The molecule has 2 N–H and O–H groups in total. The average Bonchev–Trinajstić information content (AvgIpc) is 3.11. The minimum absolute atomic E-state index is 0.208. The molecule has 0 saturated carbocycles. The lowest BCUT2D eigenvalue weighted by Crippen LogP contribution is -2.49. The first kappa shape index (κ1) is 19.0. The molecule has 9 heteroatoms. The van der Waals surface area contributed by atoms with Crippen LogP contribution in [0.15, 0.2) is 28.8 Å². The smallest absolute Gasteiger partial charge is 0.322 e. The van der Waals surface area contributed by atoms with Gasteiger partial charge in [0.15, 0.2) is 0 Å². The van der Waals surface area contributed by atoms with Gasteiger partial charge in [0, 0.05) is 31.7 Å². The summed E-state index contributed by atoms with van der Waals surface area (Å²) in [5.41, 5.74) is 2.10. The van der Waals surface area contributed by atoms with E-state index in [0.29, 0.717) is 18.3 Å². The monoisotopic (exact) mass is 373 g/mol. The van der Waals surface area contributed by atoms with Crippen molar-refractivity contribution in [3.63, 3.8) is 0 Å². The summed E-state index contributed by atoms with van der Waals surface area (Å²) < 4.78 is 5.36. The van der Waals surface area contributed by atoms with Crippen molar-refractivity contribution in [2.75, 3.05) is 39.3 Å². The summed E-state index contributed by atoms with van der Waals surface area (Å²) in [4.78, 5) is 30.8. The van der Waals surface area contributed by atoms with E-state index in [0.717, 1.165) is 31.7 Å². The summed E-state index contributed by atoms with van der Waals surface area (Å²) in [5.74, 6) is -0.166. The topological polar surface area (TPSA) is 112 Å². The molecule has 0 unspecified atom stereocenters. The maximum atomic E-state index is 11.7. The van der Waals surface area contributed by atoms with Gasteiger partial charge in [-0.3, -0.25) is 19.4 Å². The van der Waals surface area contributed by atoms with Crippen molar-refractivity contribution in [2.45, 2.75) is 13.5 Å². The van der Waals surface area contributed by atoms with Gasteiger partial charge in [0.25, 0.3) is 0 Å². The minimum Gasteiger partial charge on any atom is -0.480 e. The molecule has 0 aliphatic carbocycles. The Morgan fingerprint density at radius 1 is 1.15 bits per heavy atom. The number of aryl methyl sites for hydroxylation is 1. The van der Waals surface area contributed by atoms with Crippen LogP contribution in [-0.2, 0) is 16.1 Å². The molecule has 2 aromatic rings. The van der Waals surface area contributed by atoms with Crippen molar-refractivity contribution >= 4 is 11.9 Å². The van der Waals surface area contributed by atoms with Crippen LogP contribution in [0.2, 0.25) is 0 Å². The molecular formula is C18H23N5O4. The Morgan fingerprint density at radius 2 is 1.81 bits per heavy atom. The molecule has 1 aromatic heterocycles. The number of hydrogen-bond acceptors (Lipinski definition) is 7. The molecule has 0 bridgehead atoms. The number of nitrogens with one attached hydrogen (secondary N) is 1. The first-order valence-corrected chi connectivity index (χ1v) is 8.82. The second-order valence-electron chi connectivity index (χ2n) is 6.60. The molecule has 0 atom stereocenters. The van der Waals surface area contributed by atoms with E-state index in [1.807, 2.05) is 36.1 Å². The van der Waals surface area contributed by atoms with Gasteiger partial charge in [0.1, 0.15) is 6.54 Å². The molecule has 2 heterocycles. The zero-order valence-electron chi connectivity index (χ0n) is 15.2. The third kappa shape index (κ3) is 5.60. The molecule has 1 fully saturated rings. The molecular weight excluding hydrogens is 350 g/mol. The minimum atomic E-state index is -1.04. The number of hydrogen-bond donors (Lipinski definition) is 2. The highest BCUT2D eigenvalue weighted by molar-refractivity contribution is 5.82. The number of carbonyl (C=O) groups excluding carboxylic acids is 1. The maximum Gasteiger partial charge on any atom is 0.322 e. The first-order valence-electron chi connectivity index (χ1n) is 8.82. The summed E-state index contributed by atoms with van der Waals surface area (Å²) >= 11 is 0. The Labute approximate surface area is 157 Å². The van der Waals surface area contributed by atoms with Crippen molar-refractivity contribution in [1.29, 1.82) is 0 Å². The van der Waals surface area contributed by atoms with E-state index in [4.69, 9.17) is 9.63 Å². The fraction of sp³-hybridized carbons (Fsp3) is 0.444. The summed E-state index contributed by atoms with van der Waals surface area (Å²) in [5, 5.41) is 15.0. The van der Waals surface area contributed by atoms with Gasteiger partial charge >= 0.3 is 5.97 Å². The molecule has 1 saturated heterocycles. The zero-order chi connectivity index (χ0) is 19.2. The highest BCUT2D eigenvalue weighted by Crippen LogP contribution is 2.17. The molecule has 0 radical (unpaired) electrons. The fourth-order valence-electron chi connectivity index (χ4n) is 2.87. The van der Waals surface area contributed by atoms with E-state index in [2.05, 4.69) is 20.4 Å². The van der Waals surface area contributed by atoms with Gasteiger partial charge in [-0.05, 0) is 6.92 Å². The summed E-state index contributed by atoms with van der Waals surface area (Å²) in [6, 6.07) is 7.96. The van der Waals surface area contributed by atoms with Crippen LogP contribution >= 0.6 is 0 Å². The Hall–Kier alpha value is -2.78. The molecule has 1 aliphatic rings. The van der Waals surface area contributed by atoms with Crippen LogP contribution in [-0.4, -0.2) is 76.2 Å². The van der Waals surface area contributed by atoms with Gasteiger partial charge in [0.2, 0.25) is 17.6 Å². The molecule has 0 spiro atoms. The van der Waals surface area contributed by atoms with E-state index in [-0.39, 0.29) is 19.0 Å². The summed E-state index contributed by atoms with van der Waals surface area (Å²) in [6.07, 6.45) is 0. The zero-order valence-corrected chi connectivity index (χ0v) is 15.2. The number of carboxylic acid groups (broad SMARTS) is 1. The number of aliphatic carboxylic acids is 1. The van der Waals surface area contributed by atoms with Crippen LogP contribution in [0.3, 0.4) is 0 Å². The highest BCUT2D eigenvalue weighted by Gasteiger charge is 2.21. The number of amides is 1. The third-order valence-corrected chi connectivity index (χ3v) is 4.41. The summed E-state index contributed by atoms with van der Waals surface area (Å²) in [6.45, 7) is 5.44. The first-order chi connectivity index (χ1) is 13.0. The van der Waals surface area contributed by atoms with Crippen LogP contribution in [0.1, 0.15) is 11.5 Å². The predicted molar refractivity (Wildman–Crippen MR) is 96.8 cm³/mol. The largest absolute Gasteiger partial charge is 0.480 e. The second-order valence-corrected chi connectivity index (χ2v) is 6.60. The van der Waals surface area contributed by atoms with Crippen LogP contribution in [0, 0.1) is 6.92 Å². The number of rotatable bonds is 7. The lowest BCUT2D eigenvalue weighted by Gasteiger charge is -2.33. The number of nitrogens with zero attached hydrogens (tertiary/aromatic N) is 4. The Bertz CT molecular complexity index is 781. The van der Waals surface area contributed by atoms with Crippen molar-refractivity contribution < 1.29 is 19.2 Å². The van der Waals surface area contributed by atoms with Gasteiger partial charge < -0.3 is 14.9 Å². The number of piperazine rings is 1. The fourth-order valence-corrected chi connectivity index (χ4v) is 2.87. The Balaban J connectivity index is 1.45. The van der Waals surface area contributed by atoms with Crippen molar-refractivity contribution in [1.82, 2.24) is 25.3 Å². The molecule has 1 aromatic carbocycles. The summed E-state index contributed by atoms with van der Waals surface area (Å²) in [7, 11) is 0. The van der Waals surface area contributed by atoms with E-state index in [1.54, 1.807) is 0 Å². The molecule has 1 amide bonds. The van der Waals surface area contributed by atoms with Crippen molar-refractivity contribution in [2.24, 2.45) is 0 Å². The average molecular weight is 373 g/mol. The van der Waals surface area contributed by atoms with E-state index in [1.165, 1.54) is 5.56 Å². The van der Waals surface area contributed by atoms with Crippen molar-refractivity contribution in [3.8, 4) is 11.4 Å². The quantitative estimate of drug-likeness (QED) is 0.716. The standard InChI is InChI=1S/C18H23N5O4/c1-13-2-4-14(5-3-13)18-20-16(27-21-18)12-23-8-6-22(7-9-23)11-15(24)19-10-17(25)26/h2-5H,6-12H2,1H3,(H,19,24)(H,25,26). The normalized spacial score (nSPS) is 15.6. The maximum absolute atomic E-state index is 11.7. The molecule has 9 nitrogen and oxygen atoms in total. The van der Waals surface area contributed by atoms with Crippen LogP contribution in [0.4, 0.5) is 0 Å².